The van der Waals surface area contributed by atoms with Crippen LogP contribution in [0.1, 0.15) is 51.6 Å². The minimum atomic E-state index is 0.250. The minimum absolute atomic E-state index is 0.250. The maximum atomic E-state index is 5.63. The highest BCUT2D eigenvalue weighted by Gasteiger charge is 2.14. The molecule has 1 N–H and O–H groups in total. The van der Waals surface area contributed by atoms with E-state index in [2.05, 4.69) is 50.4 Å². The van der Waals surface area contributed by atoms with Crippen molar-refractivity contribution < 1.29 is 9.47 Å². The summed E-state index contributed by atoms with van der Waals surface area (Å²) in [6, 6.07) is 8.76. The second-order valence-corrected chi connectivity index (χ2v) is 5.21. The Hall–Kier alpha value is -1.06. The van der Waals surface area contributed by atoms with Crippen LogP contribution in [0.25, 0.3) is 0 Å². The molecule has 0 aliphatic heterocycles. The number of rotatable bonds is 10. The van der Waals surface area contributed by atoms with Gasteiger partial charge >= 0.3 is 0 Å². The number of hydrogen-bond donors (Lipinski definition) is 1. The fourth-order valence-corrected chi connectivity index (χ4v) is 2.10. The van der Waals surface area contributed by atoms with Crippen molar-refractivity contribution in [3.63, 3.8) is 0 Å². The van der Waals surface area contributed by atoms with Crippen molar-refractivity contribution >= 4 is 0 Å². The Morgan fingerprint density at radius 2 is 1.80 bits per heavy atom. The van der Waals surface area contributed by atoms with Crippen LogP contribution < -0.4 is 10.1 Å². The number of methoxy groups -OCH3 is 1. The molecule has 0 aliphatic rings. The summed E-state index contributed by atoms with van der Waals surface area (Å²) in [5, 5.41) is 3.59. The molecule has 0 saturated heterocycles. The molecule has 0 heterocycles. The van der Waals surface area contributed by atoms with Gasteiger partial charge in [0.05, 0.1) is 12.7 Å². The Bertz CT molecular complexity index is 351. The molecule has 3 heteroatoms. The van der Waals surface area contributed by atoms with Gasteiger partial charge in [-0.05, 0) is 50.4 Å². The van der Waals surface area contributed by atoms with Gasteiger partial charge < -0.3 is 14.8 Å². The molecule has 2 atom stereocenters. The SMILES string of the molecule is CCCNC(CC(C)OC)c1ccc(OCCC)cc1. The highest BCUT2D eigenvalue weighted by molar-refractivity contribution is 5.29. The molecule has 0 amide bonds. The molecule has 0 spiro atoms. The molecular weight excluding hydrogens is 250 g/mol. The maximum absolute atomic E-state index is 5.63. The van der Waals surface area contributed by atoms with Crippen molar-refractivity contribution in [2.45, 2.75) is 52.2 Å². The molecule has 0 radical (unpaired) electrons. The van der Waals surface area contributed by atoms with Gasteiger partial charge in [0, 0.05) is 13.2 Å². The smallest absolute Gasteiger partial charge is 0.119 e. The van der Waals surface area contributed by atoms with Crippen LogP contribution in [0.4, 0.5) is 0 Å². The van der Waals surface area contributed by atoms with E-state index in [0.29, 0.717) is 6.04 Å². The average Bonchev–Trinajstić information content (AvgIpc) is 2.49. The summed E-state index contributed by atoms with van der Waals surface area (Å²) in [6.07, 6.45) is 3.40. The van der Waals surface area contributed by atoms with Gasteiger partial charge in [-0.2, -0.15) is 0 Å². The molecule has 0 bridgehead atoms. The highest BCUT2D eigenvalue weighted by Crippen LogP contribution is 2.22. The van der Waals surface area contributed by atoms with Gasteiger partial charge in [0.1, 0.15) is 5.75 Å². The molecule has 0 saturated carbocycles. The lowest BCUT2D eigenvalue weighted by Gasteiger charge is -2.22. The third kappa shape index (κ3) is 5.93. The Morgan fingerprint density at radius 3 is 2.35 bits per heavy atom. The quantitative estimate of drug-likeness (QED) is 0.703. The van der Waals surface area contributed by atoms with Crippen LogP contribution in [0.5, 0.6) is 5.75 Å². The van der Waals surface area contributed by atoms with E-state index in [1.807, 2.05) is 0 Å². The van der Waals surface area contributed by atoms with E-state index in [9.17, 15) is 0 Å². The van der Waals surface area contributed by atoms with Gasteiger partial charge in [0.15, 0.2) is 0 Å². The number of benzene rings is 1. The zero-order chi connectivity index (χ0) is 14.8. The molecule has 1 aromatic rings. The Balaban J connectivity index is 2.68. The summed E-state index contributed by atoms with van der Waals surface area (Å²) >= 11 is 0. The van der Waals surface area contributed by atoms with Gasteiger partial charge in [-0.15, -0.1) is 0 Å². The third-order valence-electron chi connectivity index (χ3n) is 3.37. The molecule has 0 aliphatic carbocycles. The molecule has 1 rings (SSSR count). The normalized spacial score (nSPS) is 14.0. The fourth-order valence-electron chi connectivity index (χ4n) is 2.10. The molecule has 20 heavy (non-hydrogen) atoms. The monoisotopic (exact) mass is 279 g/mol. The van der Waals surface area contributed by atoms with E-state index >= 15 is 0 Å². The first kappa shape index (κ1) is 17.0. The van der Waals surface area contributed by atoms with Crippen LogP contribution in [0.2, 0.25) is 0 Å². The summed E-state index contributed by atoms with van der Waals surface area (Å²) in [5.74, 6) is 0.949. The Morgan fingerprint density at radius 1 is 1.10 bits per heavy atom. The van der Waals surface area contributed by atoms with Crippen molar-refractivity contribution in [3.05, 3.63) is 29.8 Å². The molecule has 3 nitrogen and oxygen atoms in total. The maximum Gasteiger partial charge on any atom is 0.119 e. The van der Waals surface area contributed by atoms with Crippen molar-refractivity contribution in [2.24, 2.45) is 0 Å². The van der Waals surface area contributed by atoms with E-state index in [-0.39, 0.29) is 6.10 Å². The van der Waals surface area contributed by atoms with E-state index in [1.165, 1.54) is 5.56 Å². The Kier molecular flexibility index (Phi) is 8.31. The molecule has 2 unspecified atom stereocenters. The molecule has 0 aromatic heterocycles. The molecular formula is C17H29NO2. The van der Waals surface area contributed by atoms with E-state index in [0.717, 1.165) is 38.2 Å². The standard InChI is InChI=1S/C17H29NO2/c1-5-11-18-17(13-14(3)19-4)15-7-9-16(10-8-15)20-12-6-2/h7-10,14,17-18H,5-6,11-13H2,1-4H3. The van der Waals surface area contributed by atoms with Crippen LogP contribution in [0.3, 0.4) is 0 Å². The van der Waals surface area contributed by atoms with Crippen LogP contribution in [0, 0.1) is 0 Å². The summed E-state index contributed by atoms with van der Waals surface area (Å²) in [7, 11) is 1.77. The van der Waals surface area contributed by atoms with Crippen LogP contribution in [-0.2, 0) is 4.74 Å². The van der Waals surface area contributed by atoms with Crippen LogP contribution in [0.15, 0.2) is 24.3 Å². The first-order valence-electron chi connectivity index (χ1n) is 7.70. The summed E-state index contributed by atoms with van der Waals surface area (Å²) < 4.78 is 11.0. The third-order valence-corrected chi connectivity index (χ3v) is 3.37. The van der Waals surface area contributed by atoms with Crippen LogP contribution in [-0.4, -0.2) is 26.4 Å². The molecule has 0 fully saturated rings. The predicted octanol–water partition coefficient (Wildman–Crippen LogP) is 3.94. The number of ether oxygens (including phenoxy) is 2. The average molecular weight is 279 g/mol. The van der Waals surface area contributed by atoms with Gasteiger partial charge in [-0.25, -0.2) is 0 Å². The summed E-state index contributed by atoms with van der Waals surface area (Å²) in [4.78, 5) is 0. The first-order valence-corrected chi connectivity index (χ1v) is 7.70. The zero-order valence-corrected chi connectivity index (χ0v) is 13.3. The largest absolute Gasteiger partial charge is 0.494 e. The number of hydrogen-bond acceptors (Lipinski definition) is 3. The van der Waals surface area contributed by atoms with Gasteiger partial charge in [-0.1, -0.05) is 26.0 Å². The van der Waals surface area contributed by atoms with E-state index < -0.39 is 0 Å². The lowest BCUT2D eigenvalue weighted by atomic mass is 10.0. The van der Waals surface area contributed by atoms with Crippen LogP contribution >= 0.6 is 0 Å². The van der Waals surface area contributed by atoms with E-state index in [1.54, 1.807) is 7.11 Å². The lowest BCUT2D eigenvalue weighted by molar-refractivity contribution is 0.100. The molecule has 1 aromatic carbocycles. The predicted molar refractivity (Wildman–Crippen MR) is 84.4 cm³/mol. The lowest BCUT2D eigenvalue weighted by Crippen LogP contribution is -2.26. The van der Waals surface area contributed by atoms with Crippen molar-refractivity contribution in [3.8, 4) is 5.75 Å². The fraction of sp³-hybridized carbons (Fsp3) is 0.647. The van der Waals surface area contributed by atoms with E-state index in [4.69, 9.17) is 9.47 Å². The van der Waals surface area contributed by atoms with Gasteiger partial charge in [0.25, 0.3) is 0 Å². The van der Waals surface area contributed by atoms with Crippen molar-refractivity contribution in [1.82, 2.24) is 5.32 Å². The summed E-state index contributed by atoms with van der Waals surface area (Å²) in [6.45, 7) is 8.21. The van der Waals surface area contributed by atoms with Gasteiger partial charge in [0.2, 0.25) is 0 Å². The minimum Gasteiger partial charge on any atom is -0.494 e. The van der Waals surface area contributed by atoms with Crippen molar-refractivity contribution in [2.75, 3.05) is 20.3 Å². The Labute approximate surface area is 123 Å². The second-order valence-electron chi connectivity index (χ2n) is 5.21. The highest BCUT2D eigenvalue weighted by atomic mass is 16.5. The van der Waals surface area contributed by atoms with Gasteiger partial charge in [-0.3, -0.25) is 0 Å². The first-order chi connectivity index (χ1) is 9.71. The summed E-state index contributed by atoms with van der Waals surface area (Å²) in [5.41, 5.74) is 1.30. The topological polar surface area (TPSA) is 30.5 Å². The number of nitrogens with one attached hydrogen (secondary N) is 1. The van der Waals surface area contributed by atoms with Crippen molar-refractivity contribution in [1.29, 1.82) is 0 Å². The molecule has 114 valence electrons. The zero-order valence-electron chi connectivity index (χ0n) is 13.3. The second kappa shape index (κ2) is 9.78.